The molecule has 0 unspecified atom stereocenters. The summed E-state index contributed by atoms with van der Waals surface area (Å²) in [6.07, 6.45) is 2.94. The molecule has 0 saturated carbocycles. The van der Waals surface area contributed by atoms with Gasteiger partial charge < -0.3 is 14.1 Å². The Bertz CT molecular complexity index is 982. The van der Waals surface area contributed by atoms with Crippen LogP contribution in [0.15, 0.2) is 57.8 Å². The monoisotopic (exact) mass is 394 g/mol. The number of nitrogens with zero attached hydrogens (tertiary/aromatic N) is 2. The lowest BCUT2D eigenvalue weighted by atomic mass is 10.2. The van der Waals surface area contributed by atoms with Gasteiger partial charge in [0.1, 0.15) is 18.1 Å². The van der Waals surface area contributed by atoms with Gasteiger partial charge in [0, 0.05) is 22.7 Å². The van der Waals surface area contributed by atoms with Crippen LogP contribution >= 0.6 is 11.8 Å². The number of aromatic nitrogens is 1. The molecule has 1 amide bonds. The molecule has 0 bridgehead atoms. The van der Waals surface area contributed by atoms with Crippen LogP contribution in [0, 0.1) is 6.92 Å². The van der Waals surface area contributed by atoms with Crippen LogP contribution in [0.25, 0.3) is 11.5 Å². The van der Waals surface area contributed by atoms with Gasteiger partial charge in [-0.1, -0.05) is 18.2 Å². The third-order valence-electron chi connectivity index (χ3n) is 4.88. The minimum atomic E-state index is -0.0287. The van der Waals surface area contributed by atoms with Crippen LogP contribution in [0.1, 0.15) is 17.0 Å². The first kappa shape index (κ1) is 18.8. The van der Waals surface area contributed by atoms with Crippen LogP contribution in [0.5, 0.6) is 0 Å². The van der Waals surface area contributed by atoms with Crippen molar-refractivity contribution in [3.8, 4) is 11.5 Å². The third kappa shape index (κ3) is 3.84. The van der Waals surface area contributed by atoms with E-state index in [0.29, 0.717) is 18.2 Å². The molecule has 0 aliphatic carbocycles. The number of ether oxygens (including phenoxy) is 1. The average molecular weight is 394 g/mol. The van der Waals surface area contributed by atoms with Crippen molar-refractivity contribution in [2.75, 3.05) is 24.3 Å². The van der Waals surface area contributed by atoms with E-state index in [2.05, 4.69) is 11.1 Å². The minimum Gasteiger partial charge on any atom is -0.441 e. The van der Waals surface area contributed by atoms with E-state index in [0.717, 1.165) is 23.4 Å². The molecule has 0 fully saturated rings. The quantitative estimate of drug-likeness (QED) is 0.577. The van der Waals surface area contributed by atoms with E-state index in [1.54, 1.807) is 16.7 Å². The fourth-order valence-corrected chi connectivity index (χ4v) is 3.74. The van der Waals surface area contributed by atoms with E-state index in [4.69, 9.17) is 9.15 Å². The van der Waals surface area contributed by atoms with E-state index in [-0.39, 0.29) is 19.1 Å². The zero-order valence-corrected chi connectivity index (χ0v) is 16.8. The molecular weight excluding hydrogens is 372 g/mol. The van der Waals surface area contributed by atoms with E-state index in [1.165, 1.54) is 10.5 Å². The molecule has 2 heterocycles. The van der Waals surface area contributed by atoms with Crippen LogP contribution in [-0.4, -0.2) is 30.3 Å². The highest BCUT2D eigenvalue weighted by Crippen LogP contribution is 2.28. The maximum atomic E-state index is 12.5. The van der Waals surface area contributed by atoms with Crippen molar-refractivity contribution >= 4 is 23.4 Å². The average Bonchev–Trinajstić information content (AvgIpc) is 3.32. The molecule has 3 aromatic rings. The van der Waals surface area contributed by atoms with Gasteiger partial charge in [0.2, 0.25) is 5.89 Å². The predicted molar refractivity (Wildman–Crippen MR) is 111 cm³/mol. The molecule has 6 heteroatoms. The first-order valence-electron chi connectivity index (χ1n) is 9.22. The van der Waals surface area contributed by atoms with Crippen LogP contribution in [-0.2, 0) is 22.6 Å². The molecule has 0 spiro atoms. The van der Waals surface area contributed by atoms with Crippen molar-refractivity contribution in [2.45, 2.75) is 24.8 Å². The van der Waals surface area contributed by atoms with E-state index in [9.17, 15) is 4.79 Å². The highest BCUT2D eigenvalue weighted by atomic mass is 32.2. The Morgan fingerprint density at radius 2 is 2.00 bits per heavy atom. The number of para-hydroxylation sites is 1. The predicted octanol–water partition coefficient (Wildman–Crippen LogP) is 4.48. The molecule has 0 saturated heterocycles. The van der Waals surface area contributed by atoms with Gasteiger partial charge in [0.25, 0.3) is 5.91 Å². The molecule has 28 heavy (non-hydrogen) atoms. The molecule has 0 atom stereocenters. The summed E-state index contributed by atoms with van der Waals surface area (Å²) in [6.45, 7) is 2.85. The molecule has 1 aliphatic heterocycles. The van der Waals surface area contributed by atoms with E-state index >= 15 is 0 Å². The second-order valence-corrected chi connectivity index (χ2v) is 7.55. The first-order chi connectivity index (χ1) is 13.7. The number of aryl methyl sites for hydroxylation is 1. The molecule has 1 aliphatic rings. The Balaban J connectivity index is 1.36. The summed E-state index contributed by atoms with van der Waals surface area (Å²) in [5.74, 6) is 1.26. The number of oxazole rings is 1. The largest absolute Gasteiger partial charge is 0.441 e. The Labute approximate surface area is 168 Å². The summed E-state index contributed by atoms with van der Waals surface area (Å²) in [5, 5.41) is 0. The number of rotatable bonds is 6. The number of hydrogen-bond acceptors (Lipinski definition) is 5. The summed E-state index contributed by atoms with van der Waals surface area (Å²) in [6, 6.07) is 16.1. The molecule has 4 rings (SSSR count). The van der Waals surface area contributed by atoms with E-state index < -0.39 is 0 Å². The van der Waals surface area contributed by atoms with Gasteiger partial charge in [-0.15, -0.1) is 11.8 Å². The number of amides is 1. The Morgan fingerprint density at radius 3 is 2.79 bits per heavy atom. The van der Waals surface area contributed by atoms with Gasteiger partial charge >= 0.3 is 0 Å². The van der Waals surface area contributed by atoms with Gasteiger partial charge in [-0.05, 0) is 55.5 Å². The van der Waals surface area contributed by atoms with Crippen LogP contribution in [0.3, 0.4) is 0 Å². The van der Waals surface area contributed by atoms with Gasteiger partial charge in [0.05, 0.1) is 6.61 Å². The number of anilines is 1. The van der Waals surface area contributed by atoms with Crippen molar-refractivity contribution in [3.63, 3.8) is 0 Å². The van der Waals surface area contributed by atoms with Gasteiger partial charge in [0.15, 0.2) is 0 Å². The van der Waals surface area contributed by atoms with Gasteiger partial charge in [-0.25, -0.2) is 4.98 Å². The smallest absolute Gasteiger partial charge is 0.253 e. The highest BCUT2D eigenvalue weighted by Gasteiger charge is 2.24. The summed E-state index contributed by atoms with van der Waals surface area (Å²) in [5.41, 5.74) is 3.85. The van der Waals surface area contributed by atoms with E-state index in [1.807, 2.05) is 55.6 Å². The summed E-state index contributed by atoms with van der Waals surface area (Å²) >= 11 is 1.69. The molecule has 0 radical (unpaired) electrons. The zero-order chi connectivity index (χ0) is 19.5. The fraction of sp³-hybridized carbons (Fsp3) is 0.273. The number of benzene rings is 2. The van der Waals surface area contributed by atoms with Gasteiger partial charge in [-0.3, -0.25) is 4.79 Å². The van der Waals surface area contributed by atoms with Crippen molar-refractivity contribution in [1.82, 2.24) is 4.98 Å². The standard InChI is InChI=1S/C22H22N2O3S/c1-15-19(23-22(27-15)17-7-9-18(28-2)10-8-17)13-26-14-21(25)24-12-11-16-5-3-4-6-20(16)24/h3-10H,11-14H2,1-2H3. The number of hydrogen-bond donors (Lipinski definition) is 0. The highest BCUT2D eigenvalue weighted by molar-refractivity contribution is 7.98. The topological polar surface area (TPSA) is 55.6 Å². The number of carbonyl (C=O) groups excluding carboxylic acids is 1. The molecule has 1 aromatic heterocycles. The second kappa shape index (κ2) is 8.20. The van der Waals surface area contributed by atoms with Crippen LogP contribution in [0.2, 0.25) is 0 Å². The lowest BCUT2D eigenvalue weighted by molar-refractivity contribution is -0.123. The summed E-state index contributed by atoms with van der Waals surface area (Å²) < 4.78 is 11.4. The molecule has 5 nitrogen and oxygen atoms in total. The Kier molecular flexibility index (Phi) is 5.50. The number of fused-ring (bicyclic) bond motifs is 1. The molecule has 144 valence electrons. The SMILES string of the molecule is CSc1ccc(-c2nc(COCC(=O)N3CCc4ccccc43)c(C)o2)cc1. The number of carbonyl (C=O) groups is 1. The molecular formula is C22H22N2O3S. The maximum absolute atomic E-state index is 12.5. The fourth-order valence-electron chi connectivity index (χ4n) is 3.33. The second-order valence-electron chi connectivity index (χ2n) is 6.67. The zero-order valence-electron chi connectivity index (χ0n) is 16.0. The van der Waals surface area contributed by atoms with Crippen molar-refractivity contribution in [2.24, 2.45) is 0 Å². The normalized spacial score (nSPS) is 13.0. The minimum absolute atomic E-state index is 0.0262. The molecule has 0 N–H and O–H groups in total. The molecule has 2 aromatic carbocycles. The van der Waals surface area contributed by atoms with Crippen molar-refractivity contribution in [1.29, 1.82) is 0 Å². The Hall–Kier alpha value is -2.57. The lowest BCUT2D eigenvalue weighted by Gasteiger charge is -2.17. The lowest BCUT2D eigenvalue weighted by Crippen LogP contribution is -2.32. The summed E-state index contributed by atoms with van der Waals surface area (Å²) in [4.78, 5) is 20.1. The summed E-state index contributed by atoms with van der Waals surface area (Å²) in [7, 11) is 0. The third-order valence-corrected chi connectivity index (χ3v) is 5.63. The Morgan fingerprint density at radius 1 is 1.21 bits per heavy atom. The first-order valence-corrected chi connectivity index (χ1v) is 10.4. The van der Waals surface area contributed by atoms with Crippen LogP contribution < -0.4 is 4.90 Å². The van der Waals surface area contributed by atoms with Crippen molar-refractivity contribution in [3.05, 3.63) is 65.5 Å². The maximum Gasteiger partial charge on any atom is 0.253 e. The van der Waals surface area contributed by atoms with Crippen molar-refractivity contribution < 1.29 is 13.9 Å². The van der Waals surface area contributed by atoms with Gasteiger partial charge in [-0.2, -0.15) is 0 Å². The van der Waals surface area contributed by atoms with Crippen LogP contribution in [0.4, 0.5) is 5.69 Å². The number of thioether (sulfide) groups is 1.